The standard InChI is InChI=1S/C42H46N6O11/c49-37-27-47(39(51)25-43-41(53)57-29-31-7-3-1-4-8-31)19-21-55-23-24-56-22-20-48(40(52)26-44-42(54)58-30-32-9-5-2-6-10-32)28-38(50)46-34-13-17-36(18-14-34)59-35-15-11-33(45-37)12-16-35/h1-18H,19-30H2,(H,43,53)(H,44,54)(H,45,49)(H,46,50). The summed E-state index contributed by atoms with van der Waals surface area (Å²) in [7, 11) is 0. The number of carbonyl (C=O) groups excluding carboxylic acids is 6. The van der Waals surface area contributed by atoms with Crippen molar-refractivity contribution in [1.82, 2.24) is 20.4 Å². The molecule has 0 atom stereocenters. The summed E-state index contributed by atoms with van der Waals surface area (Å²) in [5.74, 6) is -1.11. The molecule has 4 bridgehead atoms. The number of hydrogen-bond donors (Lipinski definition) is 4. The Morgan fingerprint density at radius 2 is 0.932 bits per heavy atom. The summed E-state index contributed by atoms with van der Waals surface area (Å²) >= 11 is 0. The van der Waals surface area contributed by atoms with E-state index < -0.39 is 48.9 Å². The van der Waals surface area contributed by atoms with Gasteiger partial charge in [0.05, 0.1) is 26.4 Å². The van der Waals surface area contributed by atoms with Gasteiger partial charge in [0, 0.05) is 24.5 Å². The van der Waals surface area contributed by atoms with Gasteiger partial charge >= 0.3 is 12.2 Å². The van der Waals surface area contributed by atoms with Gasteiger partial charge in [-0.3, -0.25) is 19.2 Å². The van der Waals surface area contributed by atoms with E-state index in [-0.39, 0.29) is 65.8 Å². The molecule has 3 aliphatic heterocycles. The van der Waals surface area contributed by atoms with Gasteiger partial charge in [-0.15, -0.1) is 0 Å². The third-order valence-corrected chi connectivity index (χ3v) is 8.46. The third kappa shape index (κ3) is 15.8. The van der Waals surface area contributed by atoms with Crippen LogP contribution in [0, 0.1) is 0 Å². The van der Waals surface area contributed by atoms with E-state index >= 15 is 0 Å². The van der Waals surface area contributed by atoms with Crippen LogP contribution in [0.2, 0.25) is 0 Å². The van der Waals surface area contributed by atoms with E-state index in [1.54, 1.807) is 72.8 Å². The van der Waals surface area contributed by atoms with E-state index in [2.05, 4.69) is 21.3 Å². The molecule has 0 aliphatic carbocycles. The zero-order valence-corrected chi connectivity index (χ0v) is 32.3. The molecule has 17 nitrogen and oxygen atoms in total. The van der Waals surface area contributed by atoms with Gasteiger partial charge in [-0.1, -0.05) is 60.7 Å². The molecule has 4 N–H and O–H groups in total. The minimum atomic E-state index is -0.793. The van der Waals surface area contributed by atoms with Crippen molar-refractivity contribution in [3.05, 3.63) is 120 Å². The molecule has 0 saturated heterocycles. The number of carbonyl (C=O) groups is 6. The normalized spacial score (nSPS) is 14.4. The second kappa shape index (κ2) is 23.3. The van der Waals surface area contributed by atoms with Crippen molar-refractivity contribution in [2.75, 3.05) is 76.3 Å². The van der Waals surface area contributed by atoms with Crippen LogP contribution in [0.4, 0.5) is 21.0 Å². The lowest BCUT2D eigenvalue weighted by atomic mass is 10.2. The molecular weight excluding hydrogens is 764 g/mol. The summed E-state index contributed by atoms with van der Waals surface area (Å²) in [5, 5.41) is 10.4. The number of hydrogen-bond acceptors (Lipinski definition) is 11. The quantitative estimate of drug-likeness (QED) is 0.201. The summed E-state index contributed by atoms with van der Waals surface area (Å²) in [6.07, 6.45) is -1.59. The maximum absolute atomic E-state index is 13.2. The molecule has 0 aromatic heterocycles. The van der Waals surface area contributed by atoms with Crippen molar-refractivity contribution in [2.45, 2.75) is 13.2 Å². The zero-order valence-electron chi connectivity index (χ0n) is 32.3. The van der Waals surface area contributed by atoms with Crippen LogP contribution in [0.3, 0.4) is 0 Å². The fourth-order valence-electron chi connectivity index (χ4n) is 5.42. The summed E-state index contributed by atoms with van der Waals surface area (Å²) in [5.41, 5.74) is 2.47. The molecular formula is C42H46N6O11. The van der Waals surface area contributed by atoms with E-state index in [9.17, 15) is 28.8 Å². The summed E-state index contributed by atoms with van der Waals surface area (Å²) < 4.78 is 27.6. The van der Waals surface area contributed by atoms with Gasteiger partial charge in [0.2, 0.25) is 23.6 Å². The van der Waals surface area contributed by atoms with Gasteiger partial charge in [0.1, 0.15) is 50.9 Å². The molecule has 6 amide bonds. The number of anilines is 2. The maximum atomic E-state index is 13.2. The fraction of sp³-hybridized carbons (Fsp3) is 0.286. The molecule has 0 radical (unpaired) electrons. The molecule has 59 heavy (non-hydrogen) atoms. The van der Waals surface area contributed by atoms with Crippen LogP contribution < -0.4 is 26.0 Å². The minimum absolute atomic E-state index is 0.0105. The van der Waals surface area contributed by atoms with Crippen molar-refractivity contribution in [3.63, 3.8) is 0 Å². The highest BCUT2D eigenvalue weighted by Crippen LogP contribution is 2.24. The molecule has 4 aromatic carbocycles. The van der Waals surface area contributed by atoms with Crippen LogP contribution in [0.15, 0.2) is 109 Å². The number of rotatable bonds is 8. The molecule has 0 unspecified atom stereocenters. The predicted molar refractivity (Wildman–Crippen MR) is 214 cm³/mol. The number of alkyl carbamates (subject to hydrolysis) is 2. The third-order valence-electron chi connectivity index (χ3n) is 8.46. The van der Waals surface area contributed by atoms with Crippen molar-refractivity contribution < 1.29 is 52.5 Å². The lowest BCUT2D eigenvalue weighted by Crippen LogP contribution is -2.45. The maximum Gasteiger partial charge on any atom is 0.407 e. The highest BCUT2D eigenvalue weighted by molar-refractivity contribution is 5.96. The number of nitrogens with one attached hydrogen (secondary N) is 4. The van der Waals surface area contributed by atoms with Crippen LogP contribution in [-0.4, -0.2) is 111 Å². The predicted octanol–water partition coefficient (Wildman–Crippen LogP) is 3.91. The Balaban J connectivity index is 1.19. The van der Waals surface area contributed by atoms with Crippen LogP contribution in [-0.2, 0) is 51.3 Å². The van der Waals surface area contributed by atoms with Gasteiger partial charge in [-0.25, -0.2) is 9.59 Å². The molecule has 310 valence electrons. The van der Waals surface area contributed by atoms with E-state index in [0.29, 0.717) is 22.9 Å². The molecule has 0 spiro atoms. The first kappa shape index (κ1) is 43.1. The average Bonchev–Trinajstić information content (AvgIpc) is 3.25. The van der Waals surface area contributed by atoms with E-state index in [0.717, 1.165) is 11.1 Å². The topological polar surface area (TPSA) is 203 Å². The highest BCUT2D eigenvalue weighted by Gasteiger charge is 2.20. The van der Waals surface area contributed by atoms with Gasteiger partial charge in [-0.2, -0.15) is 0 Å². The Kier molecular flexibility index (Phi) is 17.0. The Labute approximate surface area is 340 Å². The van der Waals surface area contributed by atoms with Gasteiger partial charge in [0.25, 0.3) is 0 Å². The number of benzene rings is 4. The number of fused-ring (bicyclic) bond motifs is 2. The summed E-state index contributed by atoms with van der Waals surface area (Å²) in [6, 6.07) is 31.3. The Hall–Kier alpha value is -6.98. The van der Waals surface area contributed by atoms with Crippen LogP contribution >= 0.6 is 0 Å². The van der Waals surface area contributed by atoms with Crippen molar-refractivity contribution in [3.8, 4) is 11.5 Å². The number of ether oxygens (including phenoxy) is 5. The average molecular weight is 811 g/mol. The van der Waals surface area contributed by atoms with Gasteiger partial charge in [-0.05, 0) is 59.7 Å². The van der Waals surface area contributed by atoms with Gasteiger partial charge in [0.15, 0.2) is 0 Å². The van der Waals surface area contributed by atoms with Gasteiger partial charge < -0.3 is 54.8 Å². The first-order chi connectivity index (χ1) is 28.7. The largest absolute Gasteiger partial charge is 0.457 e. The first-order valence-electron chi connectivity index (χ1n) is 18.8. The molecule has 4 aromatic rings. The van der Waals surface area contributed by atoms with E-state index in [1.807, 2.05) is 36.4 Å². The lowest BCUT2D eigenvalue weighted by Gasteiger charge is -2.23. The first-order valence-corrected chi connectivity index (χ1v) is 18.8. The van der Waals surface area contributed by atoms with E-state index in [4.69, 9.17) is 23.7 Å². The Morgan fingerprint density at radius 3 is 1.32 bits per heavy atom. The summed E-state index contributed by atoms with van der Waals surface area (Å²) in [4.78, 5) is 79.6. The molecule has 0 fully saturated rings. The number of nitrogens with zero attached hydrogens (tertiary/aromatic N) is 2. The van der Waals surface area contributed by atoms with E-state index in [1.165, 1.54) is 9.80 Å². The molecule has 3 aliphatic rings. The Morgan fingerprint density at radius 1 is 0.542 bits per heavy atom. The smallest absolute Gasteiger partial charge is 0.407 e. The van der Waals surface area contributed by atoms with Crippen LogP contribution in [0.5, 0.6) is 11.5 Å². The second-order valence-corrected chi connectivity index (χ2v) is 12.9. The fourth-order valence-corrected chi connectivity index (χ4v) is 5.42. The minimum Gasteiger partial charge on any atom is -0.457 e. The monoisotopic (exact) mass is 810 g/mol. The number of amides is 6. The highest BCUT2D eigenvalue weighted by atomic mass is 16.6. The Bertz CT molecular complexity index is 1840. The SMILES string of the molecule is O=C1CN(C(=O)CNC(=O)OCc2ccccc2)CCOCCOCCN(C(=O)CNC(=O)OCc2ccccc2)CC(=O)Nc2ccc(cc2)Oc2ccc(cc2)N1. The summed E-state index contributed by atoms with van der Waals surface area (Å²) in [6.45, 7) is -1.18. The lowest BCUT2D eigenvalue weighted by molar-refractivity contribution is -0.135. The van der Waals surface area contributed by atoms with Crippen molar-refractivity contribution in [2.24, 2.45) is 0 Å². The molecule has 17 heteroatoms. The second-order valence-electron chi connectivity index (χ2n) is 12.9. The van der Waals surface area contributed by atoms with Crippen LogP contribution in [0.25, 0.3) is 0 Å². The van der Waals surface area contributed by atoms with Crippen molar-refractivity contribution >= 4 is 47.2 Å². The molecule has 7 rings (SSSR count). The van der Waals surface area contributed by atoms with Crippen LogP contribution in [0.1, 0.15) is 11.1 Å². The molecule has 0 saturated carbocycles. The van der Waals surface area contributed by atoms with Crippen molar-refractivity contribution in [1.29, 1.82) is 0 Å². The molecule has 3 heterocycles. The zero-order chi connectivity index (χ0) is 41.7.